The molecule has 1 aromatic carbocycles. The van der Waals surface area contributed by atoms with E-state index in [9.17, 15) is 0 Å². The van der Waals surface area contributed by atoms with Crippen LogP contribution in [0.5, 0.6) is 11.5 Å². The monoisotopic (exact) mass is 346 g/mol. The Balaban J connectivity index is 1.57. The van der Waals surface area contributed by atoms with E-state index in [2.05, 4.69) is 33.8 Å². The number of hydrogen-bond acceptors (Lipinski definition) is 6. The standard InChI is InChI=1S/C17H22N4O2S/c1-3-22-14-7-11-6-10(2)23-15(11)8-12(14)9-24-17-20-19-16(18)21(17)13-4-5-13/h7-8,10,13H,3-6,9H2,1-2H3,(H2,18,19). The fourth-order valence-electron chi connectivity index (χ4n) is 3.09. The Kier molecular flexibility index (Phi) is 4.04. The van der Waals surface area contributed by atoms with Crippen LogP contribution in [-0.2, 0) is 12.2 Å². The van der Waals surface area contributed by atoms with Crippen LogP contribution in [0.25, 0.3) is 0 Å². The van der Waals surface area contributed by atoms with Crippen molar-refractivity contribution in [1.82, 2.24) is 14.8 Å². The van der Waals surface area contributed by atoms with Crippen LogP contribution in [0.2, 0.25) is 0 Å². The van der Waals surface area contributed by atoms with Gasteiger partial charge in [-0.05, 0) is 38.8 Å². The van der Waals surface area contributed by atoms with Gasteiger partial charge in [-0.25, -0.2) is 0 Å². The average Bonchev–Trinajstić information content (AvgIpc) is 3.22. The van der Waals surface area contributed by atoms with Crippen molar-refractivity contribution < 1.29 is 9.47 Å². The highest BCUT2D eigenvalue weighted by molar-refractivity contribution is 7.98. The second kappa shape index (κ2) is 6.20. The second-order valence-electron chi connectivity index (χ2n) is 6.36. The molecule has 1 atom stereocenters. The molecule has 2 heterocycles. The third-order valence-electron chi connectivity index (χ3n) is 4.34. The molecule has 1 saturated carbocycles. The van der Waals surface area contributed by atoms with Crippen LogP contribution in [0.3, 0.4) is 0 Å². The highest BCUT2D eigenvalue weighted by Crippen LogP contribution is 2.41. The molecule has 7 heteroatoms. The number of hydrogen-bond donors (Lipinski definition) is 1. The molecule has 1 unspecified atom stereocenters. The number of nitrogens with two attached hydrogens (primary N) is 1. The smallest absolute Gasteiger partial charge is 0.222 e. The van der Waals surface area contributed by atoms with E-state index in [4.69, 9.17) is 15.2 Å². The molecule has 128 valence electrons. The molecule has 0 amide bonds. The van der Waals surface area contributed by atoms with E-state index in [1.807, 2.05) is 6.92 Å². The maximum absolute atomic E-state index is 5.95. The van der Waals surface area contributed by atoms with Crippen LogP contribution in [-0.4, -0.2) is 27.5 Å². The van der Waals surface area contributed by atoms with Crippen LogP contribution in [0.1, 0.15) is 43.9 Å². The fourth-order valence-corrected chi connectivity index (χ4v) is 4.08. The van der Waals surface area contributed by atoms with Crippen LogP contribution in [0.15, 0.2) is 17.3 Å². The summed E-state index contributed by atoms with van der Waals surface area (Å²) >= 11 is 1.65. The van der Waals surface area contributed by atoms with Crippen LogP contribution >= 0.6 is 11.8 Å². The lowest BCUT2D eigenvalue weighted by atomic mass is 10.1. The highest BCUT2D eigenvalue weighted by atomic mass is 32.2. The summed E-state index contributed by atoms with van der Waals surface area (Å²) in [5.41, 5.74) is 8.30. The van der Waals surface area contributed by atoms with E-state index < -0.39 is 0 Å². The molecule has 1 aliphatic carbocycles. The van der Waals surface area contributed by atoms with Crippen LogP contribution in [0.4, 0.5) is 5.95 Å². The topological polar surface area (TPSA) is 75.2 Å². The van der Waals surface area contributed by atoms with Gasteiger partial charge < -0.3 is 15.2 Å². The van der Waals surface area contributed by atoms with Crippen molar-refractivity contribution in [3.05, 3.63) is 23.3 Å². The van der Waals surface area contributed by atoms with E-state index in [0.717, 1.165) is 47.2 Å². The largest absolute Gasteiger partial charge is 0.494 e. The number of nitrogens with zero attached hydrogens (tertiary/aromatic N) is 3. The molecule has 0 radical (unpaired) electrons. The summed E-state index contributed by atoms with van der Waals surface area (Å²) in [6, 6.07) is 4.70. The Bertz CT molecular complexity index is 757. The second-order valence-corrected chi connectivity index (χ2v) is 7.31. The Morgan fingerprint density at radius 3 is 2.96 bits per heavy atom. The summed E-state index contributed by atoms with van der Waals surface area (Å²) < 4.78 is 13.8. The third-order valence-corrected chi connectivity index (χ3v) is 5.33. The summed E-state index contributed by atoms with van der Waals surface area (Å²) in [5.74, 6) is 3.18. The average molecular weight is 346 g/mol. The van der Waals surface area contributed by atoms with Gasteiger partial charge in [0.2, 0.25) is 5.95 Å². The van der Waals surface area contributed by atoms with Gasteiger partial charge in [-0.15, -0.1) is 10.2 Å². The van der Waals surface area contributed by atoms with Gasteiger partial charge in [0.05, 0.1) is 6.61 Å². The van der Waals surface area contributed by atoms with Crippen LogP contribution < -0.4 is 15.2 Å². The summed E-state index contributed by atoms with van der Waals surface area (Å²) in [6.45, 7) is 4.75. The van der Waals surface area contributed by atoms with E-state index in [1.54, 1.807) is 11.8 Å². The lowest BCUT2D eigenvalue weighted by molar-refractivity contribution is 0.254. The van der Waals surface area contributed by atoms with Gasteiger partial charge in [0.15, 0.2) is 5.16 Å². The molecule has 0 saturated heterocycles. The molecular formula is C17H22N4O2S. The first kappa shape index (κ1) is 15.6. The van der Waals surface area contributed by atoms with Gasteiger partial charge in [0, 0.05) is 29.3 Å². The van der Waals surface area contributed by atoms with E-state index in [1.165, 1.54) is 5.56 Å². The zero-order chi connectivity index (χ0) is 16.7. The van der Waals surface area contributed by atoms with Crippen molar-refractivity contribution in [3.63, 3.8) is 0 Å². The predicted molar refractivity (Wildman–Crippen MR) is 93.7 cm³/mol. The SMILES string of the molecule is CCOc1cc2c(cc1CSc1nnc(N)n1C1CC1)OC(C)C2. The molecule has 1 fully saturated rings. The van der Waals surface area contributed by atoms with Crippen molar-refractivity contribution in [2.75, 3.05) is 12.3 Å². The maximum atomic E-state index is 5.95. The number of ether oxygens (including phenoxy) is 2. The van der Waals surface area contributed by atoms with Gasteiger partial charge in [0.1, 0.15) is 17.6 Å². The van der Waals surface area contributed by atoms with E-state index in [0.29, 0.717) is 18.6 Å². The van der Waals surface area contributed by atoms with E-state index in [-0.39, 0.29) is 6.10 Å². The van der Waals surface area contributed by atoms with Crippen LogP contribution in [0, 0.1) is 0 Å². The summed E-state index contributed by atoms with van der Waals surface area (Å²) in [4.78, 5) is 0. The van der Waals surface area contributed by atoms with Gasteiger partial charge in [-0.1, -0.05) is 11.8 Å². The number of benzene rings is 1. The molecule has 1 aliphatic heterocycles. The number of thioether (sulfide) groups is 1. The van der Waals surface area contributed by atoms with Gasteiger partial charge in [-0.3, -0.25) is 4.57 Å². The molecule has 0 spiro atoms. The normalized spacial score (nSPS) is 19.2. The number of nitrogen functional groups attached to an aromatic ring is 1. The lowest BCUT2D eigenvalue weighted by Gasteiger charge is -2.12. The minimum Gasteiger partial charge on any atom is -0.494 e. The van der Waals surface area contributed by atoms with Crippen molar-refractivity contribution in [2.24, 2.45) is 0 Å². The first-order chi connectivity index (χ1) is 11.7. The molecule has 2 N–H and O–H groups in total. The number of rotatable bonds is 6. The lowest BCUT2D eigenvalue weighted by Crippen LogP contribution is -2.05. The summed E-state index contributed by atoms with van der Waals surface area (Å²) in [7, 11) is 0. The van der Waals surface area contributed by atoms with Gasteiger partial charge >= 0.3 is 0 Å². The Morgan fingerprint density at radius 1 is 1.38 bits per heavy atom. The molecule has 6 nitrogen and oxygen atoms in total. The quantitative estimate of drug-likeness (QED) is 0.810. The van der Waals surface area contributed by atoms with Crippen molar-refractivity contribution >= 4 is 17.7 Å². The molecule has 4 rings (SSSR count). The molecule has 2 aromatic rings. The minimum atomic E-state index is 0.232. The Hall–Kier alpha value is -1.89. The molecule has 24 heavy (non-hydrogen) atoms. The molecule has 1 aromatic heterocycles. The number of fused-ring (bicyclic) bond motifs is 1. The van der Waals surface area contributed by atoms with Crippen molar-refractivity contribution in [2.45, 2.75) is 56.2 Å². The Morgan fingerprint density at radius 2 is 2.21 bits per heavy atom. The fraction of sp³-hybridized carbons (Fsp3) is 0.529. The van der Waals surface area contributed by atoms with Gasteiger partial charge in [0.25, 0.3) is 0 Å². The summed E-state index contributed by atoms with van der Waals surface area (Å²) in [6.07, 6.45) is 3.49. The first-order valence-electron chi connectivity index (χ1n) is 8.44. The van der Waals surface area contributed by atoms with E-state index >= 15 is 0 Å². The molecule has 2 aliphatic rings. The zero-order valence-corrected chi connectivity index (χ0v) is 14.8. The molecular weight excluding hydrogens is 324 g/mol. The van der Waals surface area contributed by atoms with Crippen molar-refractivity contribution in [3.8, 4) is 11.5 Å². The van der Waals surface area contributed by atoms with Gasteiger partial charge in [-0.2, -0.15) is 0 Å². The highest BCUT2D eigenvalue weighted by Gasteiger charge is 2.29. The first-order valence-corrected chi connectivity index (χ1v) is 9.42. The zero-order valence-electron chi connectivity index (χ0n) is 14.0. The maximum Gasteiger partial charge on any atom is 0.222 e. The molecule has 0 bridgehead atoms. The number of anilines is 1. The van der Waals surface area contributed by atoms with Crippen molar-refractivity contribution in [1.29, 1.82) is 0 Å². The summed E-state index contributed by atoms with van der Waals surface area (Å²) in [5, 5.41) is 9.14. The minimum absolute atomic E-state index is 0.232. The Labute approximate surface area is 145 Å². The number of aromatic nitrogens is 3. The third kappa shape index (κ3) is 2.92. The predicted octanol–water partition coefficient (Wildman–Crippen LogP) is 3.21.